The van der Waals surface area contributed by atoms with E-state index in [1.165, 1.54) is 6.07 Å². The van der Waals surface area contributed by atoms with Crippen LogP contribution in [0.1, 0.15) is 18.4 Å². The fourth-order valence-electron chi connectivity index (χ4n) is 2.69. The molecule has 1 aliphatic rings. The Hall–Kier alpha value is -1.65. The molecule has 7 nitrogen and oxygen atoms in total. The summed E-state index contributed by atoms with van der Waals surface area (Å²) < 4.78 is 50.8. The zero-order valence-electron chi connectivity index (χ0n) is 13.1. The molecule has 0 spiro atoms. The monoisotopic (exact) mass is 401 g/mol. The zero-order chi connectivity index (χ0) is 18.4. The second-order valence-electron chi connectivity index (χ2n) is 5.77. The number of sulfonamides is 2. The van der Waals surface area contributed by atoms with Crippen LogP contribution < -0.4 is 15.2 Å². The summed E-state index contributed by atoms with van der Waals surface area (Å²) in [5.74, 6) is -0.180. The van der Waals surface area contributed by atoms with Crippen LogP contribution >= 0.6 is 11.6 Å². The molecule has 2 aromatic rings. The van der Waals surface area contributed by atoms with Crippen LogP contribution in [-0.2, 0) is 20.0 Å². The number of anilines is 1. The minimum atomic E-state index is -4.14. The summed E-state index contributed by atoms with van der Waals surface area (Å²) in [5, 5.41) is 8.00. The van der Waals surface area contributed by atoms with Gasteiger partial charge in [0, 0.05) is 5.92 Å². The predicted molar refractivity (Wildman–Crippen MR) is 95.4 cm³/mol. The molecule has 0 aliphatic carbocycles. The summed E-state index contributed by atoms with van der Waals surface area (Å²) in [4.78, 5) is -0.646. The SMILES string of the molecule is C[C@@H](c1ccccc1)[C@@H]1Nc2cc(Cl)c(S(N)(=O)=O)cc2S(=O)(=O)N1. The minimum Gasteiger partial charge on any atom is -0.367 e. The highest BCUT2D eigenvalue weighted by atomic mass is 35.5. The van der Waals surface area contributed by atoms with Gasteiger partial charge in [-0.25, -0.2) is 22.0 Å². The number of nitrogens with two attached hydrogens (primary N) is 1. The highest BCUT2D eigenvalue weighted by Crippen LogP contribution is 2.35. The maximum Gasteiger partial charge on any atom is 0.244 e. The van der Waals surface area contributed by atoms with Crippen LogP contribution in [0.15, 0.2) is 52.3 Å². The van der Waals surface area contributed by atoms with Gasteiger partial charge in [-0.1, -0.05) is 48.9 Å². The van der Waals surface area contributed by atoms with E-state index in [1.54, 1.807) is 0 Å². The first-order chi connectivity index (χ1) is 11.6. The summed E-state index contributed by atoms with van der Waals surface area (Å²) in [6.07, 6.45) is -0.615. The fourth-order valence-corrected chi connectivity index (χ4v) is 5.27. The molecule has 0 saturated heterocycles. The van der Waals surface area contributed by atoms with Crippen molar-refractivity contribution in [3.63, 3.8) is 0 Å². The van der Waals surface area contributed by atoms with E-state index in [0.717, 1.165) is 11.6 Å². The molecule has 0 saturated carbocycles. The smallest absolute Gasteiger partial charge is 0.244 e. The summed E-state index contributed by atoms with van der Waals surface area (Å²) >= 11 is 5.97. The van der Waals surface area contributed by atoms with E-state index in [2.05, 4.69) is 10.0 Å². The van der Waals surface area contributed by atoms with Crippen molar-refractivity contribution in [2.45, 2.75) is 28.8 Å². The molecule has 0 unspecified atom stereocenters. The van der Waals surface area contributed by atoms with Crippen molar-refractivity contribution in [2.24, 2.45) is 5.14 Å². The molecule has 0 fully saturated rings. The van der Waals surface area contributed by atoms with Crippen LogP contribution in [0.25, 0.3) is 0 Å². The summed E-state index contributed by atoms with van der Waals surface area (Å²) in [6.45, 7) is 1.88. The van der Waals surface area contributed by atoms with E-state index in [9.17, 15) is 16.8 Å². The van der Waals surface area contributed by atoms with Crippen molar-refractivity contribution in [1.82, 2.24) is 4.72 Å². The van der Waals surface area contributed by atoms with Crippen molar-refractivity contribution in [1.29, 1.82) is 0 Å². The van der Waals surface area contributed by atoms with Gasteiger partial charge in [0.15, 0.2) is 0 Å². The van der Waals surface area contributed by atoms with Crippen LogP contribution in [0.4, 0.5) is 5.69 Å². The Bertz CT molecular complexity index is 1020. The lowest BCUT2D eigenvalue weighted by molar-refractivity contribution is 0.523. The first-order valence-electron chi connectivity index (χ1n) is 7.30. The number of benzene rings is 2. The van der Waals surface area contributed by atoms with Gasteiger partial charge in [0.05, 0.1) is 16.9 Å². The number of nitrogens with one attached hydrogen (secondary N) is 2. The molecule has 0 bridgehead atoms. The van der Waals surface area contributed by atoms with E-state index >= 15 is 0 Å². The Balaban J connectivity index is 2.06. The van der Waals surface area contributed by atoms with Gasteiger partial charge in [0.2, 0.25) is 20.0 Å². The van der Waals surface area contributed by atoms with E-state index in [0.29, 0.717) is 0 Å². The molecule has 134 valence electrons. The van der Waals surface area contributed by atoms with Crippen molar-refractivity contribution in [3.8, 4) is 0 Å². The van der Waals surface area contributed by atoms with Gasteiger partial charge in [-0.2, -0.15) is 4.72 Å². The van der Waals surface area contributed by atoms with Gasteiger partial charge in [-0.15, -0.1) is 0 Å². The summed E-state index contributed by atoms with van der Waals surface area (Å²) in [7, 11) is -8.08. The van der Waals surface area contributed by atoms with Crippen molar-refractivity contribution >= 4 is 37.3 Å². The van der Waals surface area contributed by atoms with Crippen LogP contribution in [0.5, 0.6) is 0 Å². The maximum absolute atomic E-state index is 12.6. The second-order valence-corrected chi connectivity index (χ2v) is 9.39. The third-order valence-electron chi connectivity index (χ3n) is 4.05. The molecule has 4 N–H and O–H groups in total. The predicted octanol–water partition coefficient (Wildman–Crippen LogP) is 1.82. The summed E-state index contributed by atoms with van der Waals surface area (Å²) in [5.41, 5.74) is 1.17. The second kappa shape index (κ2) is 6.26. The lowest BCUT2D eigenvalue weighted by Gasteiger charge is -2.32. The normalized spacial score (nSPS) is 20.4. The summed E-state index contributed by atoms with van der Waals surface area (Å²) in [6, 6.07) is 11.6. The maximum atomic E-state index is 12.6. The van der Waals surface area contributed by atoms with E-state index in [-0.39, 0.29) is 21.5 Å². The Kier molecular flexibility index (Phi) is 4.54. The van der Waals surface area contributed by atoms with E-state index in [4.69, 9.17) is 16.7 Å². The Morgan fingerprint density at radius 1 is 1.20 bits per heavy atom. The number of hydrogen-bond donors (Lipinski definition) is 3. The molecule has 0 amide bonds. The Morgan fingerprint density at radius 2 is 1.84 bits per heavy atom. The Morgan fingerprint density at radius 3 is 2.44 bits per heavy atom. The van der Waals surface area contributed by atoms with Crippen LogP contribution in [0, 0.1) is 0 Å². The number of hydrogen-bond acceptors (Lipinski definition) is 5. The lowest BCUT2D eigenvalue weighted by atomic mass is 9.98. The fraction of sp³-hybridized carbons (Fsp3) is 0.200. The molecule has 0 aromatic heterocycles. The number of fused-ring (bicyclic) bond motifs is 1. The van der Waals surface area contributed by atoms with Gasteiger partial charge in [-0.3, -0.25) is 0 Å². The molecular formula is C15H16ClN3O4S2. The number of halogens is 1. The third kappa shape index (κ3) is 3.51. The Labute approximate surface area is 151 Å². The van der Waals surface area contributed by atoms with Crippen molar-refractivity contribution in [2.75, 3.05) is 5.32 Å². The minimum absolute atomic E-state index is 0.142. The van der Waals surface area contributed by atoms with Crippen molar-refractivity contribution < 1.29 is 16.8 Å². The van der Waals surface area contributed by atoms with Gasteiger partial charge >= 0.3 is 0 Å². The van der Waals surface area contributed by atoms with Gasteiger partial charge in [0.1, 0.15) is 9.79 Å². The average molecular weight is 402 g/mol. The largest absolute Gasteiger partial charge is 0.367 e. The molecule has 2 atom stereocenters. The topological polar surface area (TPSA) is 118 Å². The number of rotatable bonds is 3. The average Bonchev–Trinajstić information content (AvgIpc) is 2.52. The van der Waals surface area contributed by atoms with Crippen molar-refractivity contribution in [3.05, 3.63) is 53.1 Å². The van der Waals surface area contributed by atoms with Gasteiger partial charge in [-0.05, 0) is 17.7 Å². The highest BCUT2D eigenvalue weighted by molar-refractivity contribution is 7.90. The molecule has 1 heterocycles. The quantitative estimate of drug-likeness (QED) is 0.724. The van der Waals surface area contributed by atoms with E-state index in [1.807, 2.05) is 37.3 Å². The molecular weight excluding hydrogens is 386 g/mol. The molecule has 3 rings (SSSR count). The third-order valence-corrected chi connectivity index (χ3v) is 6.91. The highest BCUT2D eigenvalue weighted by Gasteiger charge is 2.34. The van der Waals surface area contributed by atoms with Crippen LogP contribution in [-0.4, -0.2) is 23.0 Å². The molecule has 2 aromatic carbocycles. The van der Waals surface area contributed by atoms with Gasteiger partial charge in [0.25, 0.3) is 0 Å². The van der Waals surface area contributed by atoms with Crippen LogP contribution in [0.2, 0.25) is 5.02 Å². The lowest BCUT2D eigenvalue weighted by Crippen LogP contribution is -2.47. The first-order valence-corrected chi connectivity index (χ1v) is 10.7. The van der Waals surface area contributed by atoms with E-state index < -0.39 is 31.1 Å². The van der Waals surface area contributed by atoms with Crippen LogP contribution in [0.3, 0.4) is 0 Å². The molecule has 25 heavy (non-hydrogen) atoms. The number of primary sulfonamides is 1. The zero-order valence-corrected chi connectivity index (χ0v) is 15.5. The molecule has 1 aliphatic heterocycles. The first kappa shape index (κ1) is 18.2. The van der Waals surface area contributed by atoms with Gasteiger partial charge < -0.3 is 5.32 Å². The molecule has 0 radical (unpaired) electrons. The standard InChI is InChI=1S/C15H16ClN3O4S2/c1-9(10-5-3-2-4-6-10)15-18-12-7-11(16)13(24(17,20)21)8-14(12)25(22,23)19-15/h2-9,15,18-19H,1H3,(H2,17,20,21)/t9-,15+/m0/s1. The molecule has 10 heteroatoms.